The summed E-state index contributed by atoms with van der Waals surface area (Å²) in [5.41, 5.74) is 0. The topological polar surface area (TPSA) is 24.9 Å². The average Bonchev–Trinajstić information content (AvgIpc) is 2.01. The van der Waals surface area contributed by atoms with Crippen molar-refractivity contribution in [2.24, 2.45) is 0 Å². The zero-order valence-electron chi connectivity index (χ0n) is 6.47. The van der Waals surface area contributed by atoms with Gasteiger partial charge in [0, 0.05) is 6.54 Å². The molecule has 0 bridgehead atoms. The van der Waals surface area contributed by atoms with Crippen LogP contribution in [0, 0.1) is 5.95 Å². The molecule has 0 aromatic carbocycles. The smallest absolute Gasteiger partial charge is 0.214 e. The Bertz CT molecular complexity index is 225. The van der Waals surface area contributed by atoms with E-state index >= 15 is 0 Å². The number of pyridine rings is 1. The van der Waals surface area contributed by atoms with Crippen LogP contribution in [0.25, 0.3) is 0 Å². The van der Waals surface area contributed by atoms with Crippen molar-refractivity contribution >= 4 is 5.82 Å². The molecular weight excluding hydrogens is 143 g/mol. The van der Waals surface area contributed by atoms with E-state index < -0.39 is 5.95 Å². The van der Waals surface area contributed by atoms with Gasteiger partial charge in [0.2, 0.25) is 5.95 Å². The summed E-state index contributed by atoms with van der Waals surface area (Å²) >= 11 is 0. The lowest BCUT2D eigenvalue weighted by atomic mass is 10.4. The van der Waals surface area contributed by atoms with E-state index in [1.807, 2.05) is 6.92 Å². The molecule has 0 saturated heterocycles. The Hall–Kier alpha value is -1.12. The van der Waals surface area contributed by atoms with E-state index in [1.54, 1.807) is 12.1 Å². The van der Waals surface area contributed by atoms with E-state index in [2.05, 4.69) is 10.3 Å². The van der Waals surface area contributed by atoms with Crippen LogP contribution < -0.4 is 5.32 Å². The second kappa shape index (κ2) is 3.91. The number of hydrogen-bond donors (Lipinski definition) is 1. The molecule has 0 amide bonds. The van der Waals surface area contributed by atoms with Gasteiger partial charge < -0.3 is 5.32 Å². The van der Waals surface area contributed by atoms with Crippen LogP contribution in [-0.4, -0.2) is 11.5 Å². The Morgan fingerprint density at radius 1 is 1.55 bits per heavy atom. The largest absolute Gasteiger partial charge is 0.370 e. The van der Waals surface area contributed by atoms with Crippen LogP contribution in [0.4, 0.5) is 10.2 Å². The molecule has 0 aliphatic heterocycles. The van der Waals surface area contributed by atoms with E-state index in [9.17, 15) is 4.39 Å². The number of anilines is 1. The highest BCUT2D eigenvalue weighted by Gasteiger charge is 1.92. The van der Waals surface area contributed by atoms with Gasteiger partial charge >= 0.3 is 0 Å². The van der Waals surface area contributed by atoms with Gasteiger partial charge in [-0.15, -0.1) is 0 Å². The summed E-state index contributed by atoms with van der Waals surface area (Å²) in [6.07, 6.45) is 1.01. The quantitative estimate of drug-likeness (QED) is 0.674. The van der Waals surface area contributed by atoms with Crippen LogP contribution in [-0.2, 0) is 0 Å². The van der Waals surface area contributed by atoms with Crippen molar-refractivity contribution in [3.63, 3.8) is 0 Å². The van der Waals surface area contributed by atoms with Gasteiger partial charge in [-0.1, -0.05) is 13.0 Å². The van der Waals surface area contributed by atoms with Crippen molar-refractivity contribution < 1.29 is 4.39 Å². The van der Waals surface area contributed by atoms with Crippen LogP contribution in [0.5, 0.6) is 0 Å². The standard InChI is InChI=1S/C8H11FN2/c1-2-6-10-8-5-3-4-7(9)11-8/h3-5H,2,6H2,1H3,(H,10,11). The van der Waals surface area contributed by atoms with Gasteiger partial charge in [-0.2, -0.15) is 4.39 Å². The fourth-order valence-corrected chi connectivity index (χ4v) is 0.760. The molecule has 0 aliphatic rings. The zero-order chi connectivity index (χ0) is 8.10. The van der Waals surface area contributed by atoms with Gasteiger partial charge in [0.1, 0.15) is 5.82 Å². The predicted molar refractivity (Wildman–Crippen MR) is 43.0 cm³/mol. The minimum Gasteiger partial charge on any atom is -0.370 e. The fraction of sp³-hybridized carbons (Fsp3) is 0.375. The average molecular weight is 154 g/mol. The van der Waals surface area contributed by atoms with Gasteiger partial charge in [0.15, 0.2) is 0 Å². The molecular formula is C8H11FN2. The molecule has 0 saturated carbocycles. The minimum atomic E-state index is -0.439. The summed E-state index contributed by atoms with van der Waals surface area (Å²) in [5.74, 6) is 0.165. The molecule has 1 N–H and O–H groups in total. The highest BCUT2D eigenvalue weighted by molar-refractivity contribution is 5.33. The third-order valence-electron chi connectivity index (χ3n) is 1.27. The number of aromatic nitrogens is 1. The molecule has 0 unspecified atom stereocenters. The molecule has 1 rings (SSSR count). The van der Waals surface area contributed by atoms with Gasteiger partial charge in [-0.3, -0.25) is 0 Å². The highest BCUT2D eigenvalue weighted by atomic mass is 19.1. The van der Waals surface area contributed by atoms with Gasteiger partial charge in [0.25, 0.3) is 0 Å². The second-order valence-corrected chi connectivity index (χ2v) is 2.27. The molecule has 11 heavy (non-hydrogen) atoms. The minimum absolute atomic E-state index is 0.439. The van der Waals surface area contributed by atoms with E-state index in [0.29, 0.717) is 5.82 Å². The fourth-order valence-electron chi connectivity index (χ4n) is 0.760. The highest BCUT2D eigenvalue weighted by Crippen LogP contribution is 2.02. The lowest BCUT2D eigenvalue weighted by Crippen LogP contribution is -2.01. The Labute approximate surface area is 65.5 Å². The summed E-state index contributed by atoms with van der Waals surface area (Å²) in [6, 6.07) is 4.72. The van der Waals surface area contributed by atoms with Crippen molar-refractivity contribution in [2.45, 2.75) is 13.3 Å². The normalized spacial score (nSPS) is 9.64. The summed E-state index contributed by atoms with van der Waals surface area (Å²) in [5, 5.41) is 2.98. The third kappa shape index (κ3) is 2.53. The predicted octanol–water partition coefficient (Wildman–Crippen LogP) is 2.04. The molecule has 0 radical (unpaired) electrons. The van der Waals surface area contributed by atoms with Crippen LogP contribution in [0.3, 0.4) is 0 Å². The molecule has 1 heterocycles. The first-order chi connectivity index (χ1) is 5.33. The number of hydrogen-bond acceptors (Lipinski definition) is 2. The van der Waals surface area contributed by atoms with Gasteiger partial charge in [0.05, 0.1) is 0 Å². The second-order valence-electron chi connectivity index (χ2n) is 2.27. The summed E-state index contributed by atoms with van der Waals surface area (Å²) in [7, 11) is 0. The van der Waals surface area contributed by atoms with E-state index in [4.69, 9.17) is 0 Å². The molecule has 0 fully saturated rings. The van der Waals surface area contributed by atoms with Crippen molar-refractivity contribution in [2.75, 3.05) is 11.9 Å². The zero-order valence-corrected chi connectivity index (χ0v) is 6.47. The molecule has 0 spiro atoms. The number of halogens is 1. The van der Waals surface area contributed by atoms with Crippen molar-refractivity contribution in [3.8, 4) is 0 Å². The Balaban J connectivity index is 2.56. The maximum Gasteiger partial charge on any atom is 0.214 e. The number of rotatable bonds is 3. The lowest BCUT2D eigenvalue weighted by Gasteiger charge is -2.01. The van der Waals surface area contributed by atoms with E-state index in [0.717, 1.165) is 13.0 Å². The van der Waals surface area contributed by atoms with Crippen molar-refractivity contribution in [1.29, 1.82) is 0 Å². The Kier molecular flexibility index (Phi) is 2.83. The molecule has 1 aromatic rings. The molecule has 1 aromatic heterocycles. The first-order valence-corrected chi connectivity index (χ1v) is 3.69. The first kappa shape index (κ1) is 7.98. The molecule has 3 heteroatoms. The molecule has 60 valence electrons. The number of nitrogens with one attached hydrogen (secondary N) is 1. The van der Waals surface area contributed by atoms with Crippen LogP contribution in [0.1, 0.15) is 13.3 Å². The van der Waals surface area contributed by atoms with Crippen LogP contribution >= 0.6 is 0 Å². The molecule has 0 aliphatic carbocycles. The Morgan fingerprint density at radius 3 is 3.00 bits per heavy atom. The van der Waals surface area contributed by atoms with Crippen LogP contribution in [0.2, 0.25) is 0 Å². The van der Waals surface area contributed by atoms with Crippen molar-refractivity contribution in [3.05, 3.63) is 24.1 Å². The van der Waals surface area contributed by atoms with E-state index in [-0.39, 0.29) is 0 Å². The van der Waals surface area contributed by atoms with Crippen molar-refractivity contribution in [1.82, 2.24) is 4.98 Å². The van der Waals surface area contributed by atoms with Gasteiger partial charge in [-0.05, 0) is 18.6 Å². The SMILES string of the molecule is CCCNc1cccc(F)n1. The molecule has 0 atom stereocenters. The summed E-state index contributed by atoms with van der Waals surface area (Å²) in [6.45, 7) is 2.88. The molecule has 2 nitrogen and oxygen atoms in total. The summed E-state index contributed by atoms with van der Waals surface area (Å²) < 4.78 is 12.4. The maximum absolute atomic E-state index is 12.4. The van der Waals surface area contributed by atoms with Crippen LogP contribution in [0.15, 0.2) is 18.2 Å². The van der Waals surface area contributed by atoms with Gasteiger partial charge in [-0.25, -0.2) is 4.98 Å². The van der Waals surface area contributed by atoms with E-state index in [1.165, 1.54) is 6.07 Å². The monoisotopic (exact) mass is 154 g/mol. The number of nitrogens with zero attached hydrogens (tertiary/aromatic N) is 1. The lowest BCUT2D eigenvalue weighted by molar-refractivity contribution is 0.585. The first-order valence-electron chi connectivity index (χ1n) is 3.69. The third-order valence-corrected chi connectivity index (χ3v) is 1.27. The maximum atomic E-state index is 12.4. The summed E-state index contributed by atoms with van der Waals surface area (Å²) in [4.78, 5) is 3.63. The Morgan fingerprint density at radius 2 is 2.36 bits per heavy atom.